The second-order valence-electron chi connectivity index (χ2n) is 3.96. The van der Waals surface area contributed by atoms with Crippen molar-refractivity contribution in [2.45, 2.75) is 24.4 Å². The van der Waals surface area contributed by atoms with Crippen LogP contribution >= 0.6 is 11.8 Å². The molecule has 5 nitrogen and oxygen atoms in total. The number of nitrogens with one attached hydrogen (secondary N) is 1. The first-order valence-electron chi connectivity index (χ1n) is 5.39. The van der Waals surface area contributed by atoms with Crippen LogP contribution in [0.25, 0.3) is 0 Å². The largest absolute Gasteiger partial charge is 0.469 e. The maximum absolute atomic E-state index is 11.8. The van der Waals surface area contributed by atoms with Crippen molar-refractivity contribution in [1.82, 2.24) is 9.97 Å². The number of ether oxygens (including phenoxy) is 1. The number of carbonyl (C=O) groups excluding carboxylic acids is 1. The van der Waals surface area contributed by atoms with Gasteiger partial charge in [0.05, 0.1) is 18.7 Å². The van der Waals surface area contributed by atoms with Crippen molar-refractivity contribution in [1.29, 1.82) is 0 Å². The van der Waals surface area contributed by atoms with Crippen molar-refractivity contribution in [3.05, 3.63) is 21.6 Å². The Bertz CT molecular complexity index is 498. The fraction of sp³-hybridized carbons (Fsp3) is 0.545. The molecule has 1 atom stereocenters. The molecule has 1 unspecified atom stereocenters. The van der Waals surface area contributed by atoms with Gasteiger partial charge in [0, 0.05) is 5.56 Å². The molecule has 1 aromatic rings. The molecule has 0 radical (unpaired) electrons. The van der Waals surface area contributed by atoms with Crippen molar-refractivity contribution < 1.29 is 9.53 Å². The summed E-state index contributed by atoms with van der Waals surface area (Å²) >= 11 is 1.41. The predicted molar refractivity (Wildman–Crippen MR) is 64.2 cm³/mol. The number of hydrogen-bond donors (Lipinski definition) is 1. The van der Waals surface area contributed by atoms with Gasteiger partial charge >= 0.3 is 5.97 Å². The van der Waals surface area contributed by atoms with Gasteiger partial charge < -0.3 is 9.72 Å². The highest BCUT2D eigenvalue weighted by Gasteiger charge is 2.28. The van der Waals surface area contributed by atoms with Crippen molar-refractivity contribution in [3.63, 3.8) is 0 Å². The van der Waals surface area contributed by atoms with E-state index < -0.39 is 0 Å². The maximum atomic E-state index is 11.8. The van der Waals surface area contributed by atoms with Gasteiger partial charge in [0.2, 0.25) is 0 Å². The Kier molecular flexibility index (Phi) is 3.51. The lowest BCUT2D eigenvalue weighted by atomic mass is 9.87. The number of esters is 1. The summed E-state index contributed by atoms with van der Waals surface area (Å²) in [7, 11) is 1.37. The Morgan fingerprint density at radius 2 is 2.35 bits per heavy atom. The number of fused-ring (bicyclic) bond motifs is 1. The number of hydrogen-bond acceptors (Lipinski definition) is 5. The molecule has 92 valence electrons. The standard InChI is InChI=1S/C11H14N2O3S/c1-16-10(15)6-3-4-8-7(5-6)9(14)13-11(12-8)17-2/h6H,3-5H2,1-2H3,(H,12,13,14). The molecule has 6 heteroatoms. The van der Waals surface area contributed by atoms with E-state index in [1.807, 2.05) is 6.26 Å². The van der Waals surface area contributed by atoms with Crippen LogP contribution in [0.2, 0.25) is 0 Å². The number of rotatable bonds is 2. The summed E-state index contributed by atoms with van der Waals surface area (Å²) in [6.07, 6.45) is 3.65. The van der Waals surface area contributed by atoms with Gasteiger partial charge in [-0.15, -0.1) is 0 Å². The zero-order valence-electron chi connectivity index (χ0n) is 9.78. The van der Waals surface area contributed by atoms with E-state index in [1.54, 1.807) is 0 Å². The Morgan fingerprint density at radius 3 is 3.00 bits per heavy atom. The number of thioether (sulfide) groups is 1. The Hall–Kier alpha value is -1.30. The highest BCUT2D eigenvalue weighted by Crippen LogP contribution is 2.23. The van der Waals surface area contributed by atoms with E-state index >= 15 is 0 Å². The molecule has 2 rings (SSSR count). The molecule has 0 aliphatic heterocycles. The third kappa shape index (κ3) is 2.36. The van der Waals surface area contributed by atoms with Crippen molar-refractivity contribution in [2.75, 3.05) is 13.4 Å². The maximum Gasteiger partial charge on any atom is 0.309 e. The smallest absolute Gasteiger partial charge is 0.309 e. The second kappa shape index (κ2) is 4.91. The second-order valence-corrected chi connectivity index (χ2v) is 4.76. The molecule has 1 heterocycles. The summed E-state index contributed by atoms with van der Waals surface area (Å²) < 4.78 is 4.71. The highest BCUT2D eigenvalue weighted by atomic mass is 32.2. The Morgan fingerprint density at radius 1 is 1.59 bits per heavy atom. The SMILES string of the molecule is COC(=O)C1CCc2nc(SC)[nH]c(=O)c2C1. The Labute approximate surface area is 103 Å². The summed E-state index contributed by atoms with van der Waals surface area (Å²) in [6.45, 7) is 0. The van der Waals surface area contributed by atoms with E-state index in [0.29, 0.717) is 30.0 Å². The molecule has 0 fully saturated rings. The molecule has 1 aromatic heterocycles. The van der Waals surface area contributed by atoms with Crippen molar-refractivity contribution >= 4 is 17.7 Å². The van der Waals surface area contributed by atoms with Crippen LogP contribution in [0.4, 0.5) is 0 Å². The number of H-pyrrole nitrogens is 1. The van der Waals surface area contributed by atoms with Crippen LogP contribution in [0, 0.1) is 5.92 Å². The normalized spacial score (nSPS) is 18.6. The number of methoxy groups -OCH3 is 1. The summed E-state index contributed by atoms with van der Waals surface area (Å²) in [4.78, 5) is 30.4. The molecule has 0 bridgehead atoms. The van der Waals surface area contributed by atoms with Crippen molar-refractivity contribution in [2.24, 2.45) is 5.92 Å². The Balaban J connectivity index is 2.33. The molecule has 0 spiro atoms. The molecule has 0 saturated heterocycles. The van der Waals surface area contributed by atoms with Gasteiger partial charge in [-0.25, -0.2) is 4.98 Å². The fourth-order valence-electron chi connectivity index (χ4n) is 2.06. The van der Waals surface area contributed by atoms with Crippen LogP contribution in [0.1, 0.15) is 17.7 Å². The third-order valence-electron chi connectivity index (χ3n) is 2.99. The molecular formula is C11H14N2O3S. The molecular weight excluding hydrogens is 240 g/mol. The van der Waals surface area contributed by atoms with Crippen LogP contribution in [0.3, 0.4) is 0 Å². The number of aryl methyl sites for hydroxylation is 1. The average Bonchev–Trinajstić information content (AvgIpc) is 2.37. The summed E-state index contributed by atoms with van der Waals surface area (Å²) in [6, 6.07) is 0. The fourth-order valence-corrected chi connectivity index (χ4v) is 2.46. The molecule has 1 N–H and O–H groups in total. The predicted octanol–water partition coefficient (Wildman–Crippen LogP) is 0.770. The molecule has 0 saturated carbocycles. The number of aromatic nitrogens is 2. The molecule has 0 amide bonds. The first kappa shape index (κ1) is 12.2. The minimum atomic E-state index is -0.246. The molecule has 1 aliphatic rings. The quantitative estimate of drug-likeness (QED) is 0.479. The van der Waals surface area contributed by atoms with Gasteiger partial charge in [0.25, 0.3) is 5.56 Å². The van der Waals surface area contributed by atoms with Gasteiger partial charge in [0.1, 0.15) is 0 Å². The van der Waals surface area contributed by atoms with E-state index in [0.717, 1.165) is 5.69 Å². The molecule has 0 aromatic carbocycles. The topological polar surface area (TPSA) is 72.0 Å². The summed E-state index contributed by atoms with van der Waals surface area (Å²) in [5.41, 5.74) is 1.32. The van der Waals surface area contributed by atoms with E-state index in [2.05, 4.69) is 9.97 Å². The zero-order valence-corrected chi connectivity index (χ0v) is 10.6. The average molecular weight is 254 g/mol. The lowest BCUT2D eigenvalue weighted by Gasteiger charge is -2.21. The highest BCUT2D eigenvalue weighted by molar-refractivity contribution is 7.98. The van der Waals surface area contributed by atoms with Crippen LogP contribution in [-0.4, -0.2) is 29.3 Å². The summed E-state index contributed by atoms with van der Waals surface area (Å²) in [5, 5.41) is 0.630. The summed E-state index contributed by atoms with van der Waals surface area (Å²) in [5.74, 6) is -0.459. The molecule has 1 aliphatic carbocycles. The monoisotopic (exact) mass is 254 g/mol. The number of nitrogens with zero attached hydrogens (tertiary/aromatic N) is 1. The van der Waals surface area contributed by atoms with E-state index in [-0.39, 0.29) is 17.4 Å². The lowest BCUT2D eigenvalue weighted by molar-refractivity contribution is -0.145. The van der Waals surface area contributed by atoms with Crippen LogP contribution < -0.4 is 5.56 Å². The van der Waals surface area contributed by atoms with Crippen molar-refractivity contribution in [3.8, 4) is 0 Å². The lowest BCUT2D eigenvalue weighted by Crippen LogP contribution is -2.30. The van der Waals surface area contributed by atoms with Gasteiger partial charge in [0.15, 0.2) is 5.16 Å². The third-order valence-corrected chi connectivity index (χ3v) is 3.57. The first-order valence-corrected chi connectivity index (χ1v) is 6.62. The van der Waals surface area contributed by atoms with E-state index in [4.69, 9.17) is 4.74 Å². The zero-order chi connectivity index (χ0) is 12.4. The van der Waals surface area contributed by atoms with Gasteiger partial charge in [-0.3, -0.25) is 9.59 Å². The minimum Gasteiger partial charge on any atom is -0.469 e. The molecule has 17 heavy (non-hydrogen) atoms. The minimum absolute atomic E-state index is 0.132. The van der Waals surface area contributed by atoms with Gasteiger partial charge in [-0.1, -0.05) is 11.8 Å². The van der Waals surface area contributed by atoms with Crippen LogP contribution in [-0.2, 0) is 22.4 Å². The van der Waals surface area contributed by atoms with Gasteiger partial charge in [-0.05, 0) is 25.5 Å². The van der Waals surface area contributed by atoms with Crippen LogP contribution in [0.5, 0.6) is 0 Å². The van der Waals surface area contributed by atoms with Crippen LogP contribution in [0.15, 0.2) is 9.95 Å². The number of aromatic amines is 1. The van der Waals surface area contributed by atoms with E-state index in [9.17, 15) is 9.59 Å². The van der Waals surface area contributed by atoms with Gasteiger partial charge in [-0.2, -0.15) is 0 Å². The number of carbonyl (C=O) groups is 1. The van der Waals surface area contributed by atoms with E-state index in [1.165, 1.54) is 18.9 Å². The first-order chi connectivity index (χ1) is 8.15.